The summed E-state index contributed by atoms with van der Waals surface area (Å²) in [6.07, 6.45) is 2.64. The molecule has 0 fully saturated rings. The topological polar surface area (TPSA) is 143 Å². The maximum Gasteiger partial charge on any atom is 0.353 e. The SMILES string of the molecule is CCN(CC)S(=O)(=O)c1ccc(Nc2ncnc(Nc3cccnc3Cl)c2[N+](=O)[O-])cc1. The first-order valence-corrected chi connectivity index (χ1v) is 11.3. The third-order valence-corrected chi connectivity index (χ3v) is 6.84. The van der Waals surface area contributed by atoms with E-state index in [0.29, 0.717) is 24.5 Å². The molecule has 2 aromatic heterocycles. The van der Waals surface area contributed by atoms with Gasteiger partial charge in [0.1, 0.15) is 6.33 Å². The average Bonchev–Trinajstić information content (AvgIpc) is 2.76. The first kappa shape index (κ1) is 23.3. The minimum atomic E-state index is -3.61. The zero-order chi connectivity index (χ0) is 23.3. The van der Waals surface area contributed by atoms with Gasteiger partial charge in [0, 0.05) is 25.0 Å². The molecule has 0 atom stereocenters. The van der Waals surface area contributed by atoms with Crippen LogP contribution >= 0.6 is 11.6 Å². The maximum atomic E-state index is 12.6. The highest BCUT2D eigenvalue weighted by atomic mass is 35.5. The van der Waals surface area contributed by atoms with Gasteiger partial charge in [0.25, 0.3) is 0 Å². The Morgan fingerprint density at radius 1 is 1.03 bits per heavy atom. The molecule has 2 heterocycles. The van der Waals surface area contributed by atoms with E-state index in [9.17, 15) is 18.5 Å². The van der Waals surface area contributed by atoms with E-state index in [1.165, 1.54) is 34.8 Å². The van der Waals surface area contributed by atoms with Gasteiger partial charge in [0.15, 0.2) is 5.15 Å². The van der Waals surface area contributed by atoms with Crippen molar-refractivity contribution in [3.8, 4) is 0 Å². The van der Waals surface area contributed by atoms with E-state index in [0.717, 1.165) is 6.33 Å². The Labute approximate surface area is 189 Å². The Kier molecular flexibility index (Phi) is 7.18. The number of nitrogens with one attached hydrogen (secondary N) is 2. The highest BCUT2D eigenvalue weighted by Gasteiger charge is 2.25. The molecule has 2 N–H and O–H groups in total. The van der Waals surface area contributed by atoms with E-state index in [1.807, 2.05) is 0 Å². The molecule has 13 heteroatoms. The van der Waals surface area contributed by atoms with Gasteiger partial charge in [-0.2, -0.15) is 4.31 Å². The molecule has 0 aliphatic carbocycles. The Morgan fingerprint density at radius 3 is 2.22 bits per heavy atom. The summed E-state index contributed by atoms with van der Waals surface area (Å²) >= 11 is 6.02. The van der Waals surface area contributed by atoms with Crippen LogP contribution in [0.2, 0.25) is 5.15 Å². The maximum absolute atomic E-state index is 12.6. The predicted octanol–water partition coefficient (Wildman–Crippen LogP) is 3.95. The second kappa shape index (κ2) is 9.85. The molecule has 0 saturated heterocycles. The van der Waals surface area contributed by atoms with Crippen molar-refractivity contribution in [3.05, 3.63) is 64.2 Å². The third-order valence-electron chi connectivity index (χ3n) is 4.48. The number of aromatic nitrogens is 3. The third kappa shape index (κ3) is 4.93. The molecule has 0 unspecified atom stereocenters. The molecule has 3 aromatic rings. The summed E-state index contributed by atoms with van der Waals surface area (Å²) in [6, 6.07) is 9.09. The highest BCUT2D eigenvalue weighted by Crippen LogP contribution is 2.34. The molecule has 1 aromatic carbocycles. The van der Waals surface area contributed by atoms with Gasteiger partial charge in [0.05, 0.1) is 15.5 Å². The van der Waals surface area contributed by atoms with Crippen molar-refractivity contribution >= 4 is 50.3 Å². The molecule has 0 aliphatic rings. The number of nitrogens with zero attached hydrogens (tertiary/aromatic N) is 5. The molecule has 0 amide bonds. The molecular formula is C19H20ClN7O4S. The number of pyridine rings is 1. The molecule has 11 nitrogen and oxygen atoms in total. The fourth-order valence-corrected chi connectivity index (χ4v) is 4.53. The van der Waals surface area contributed by atoms with Crippen molar-refractivity contribution in [1.29, 1.82) is 0 Å². The van der Waals surface area contributed by atoms with Gasteiger partial charge in [0.2, 0.25) is 21.7 Å². The Bertz CT molecular complexity index is 1220. The number of rotatable bonds is 9. The fraction of sp³-hybridized carbons (Fsp3) is 0.211. The quantitative estimate of drug-likeness (QED) is 0.266. The number of anilines is 4. The summed E-state index contributed by atoms with van der Waals surface area (Å²) in [6.45, 7) is 4.22. The molecule has 32 heavy (non-hydrogen) atoms. The standard InChI is InChI=1S/C19H20ClN7O4S/c1-3-26(4-2)32(30,31)14-9-7-13(8-10-14)24-18-16(27(28)29)19(23-12-22-18)25-15-6-5-11-21-17(15)20/h5-12H,3-4H2,1-2H3,(H2,22,23,24,25). The van der Waals surface area contributed by atoms with Crippen molar-refractivity contribution in [2.24, 2.45) is 0 Å². The lowest BCUT2D eigenvalue weighted by atomic mass is 10.3. The monoisotopic (exact) mass is 477 g/mol. The largest absolute Gasteiger partial charge is 0.353 e. The normalized spacial score (nSPS) is 11.4. The molecule has 0 spiro atoms. The van der Waals surface area contributed by atoms with Gasteiger partial charge >= 0.3 is 5.69 Å². The summed E-state index contributed by atoms with van der Waals surface area (Å²) in [5.74, 6) is -0.157. The number of hydrogen-bond acceptors (Lipinski definition) is 9. The van der Waals surface area contributed by atoms with Crippen LogP contribution in [0, 0.1) is 10.1 Å². The zero-order valence-corrected chi connectivity index (χ0v) is 18.8. The second-order valence-corrected chi connectivity index (χ2v) is 8.68. The van der Waals surface area contributed by atoms with E-state index in [2.05, 4.69) is 25.6 Å². The lowest BCUT2D eigenvalue weighted by Gasteiger charge is -2.18. The van der Waals surface area contributed by atoms with Gasteiger partial charge in [-0.1, -0.05) is 25.4 Å². The molecule has 168 valence electrons. The Balaban J connectivity index is 1.91. The van der Waals surface area contributed by atoms with Crippen molar-refractivity contribution in [2.75, 3.05) is 23.7 Å². The van der Waals surface area contributed by atoms with Crippen LogP contribution in [-0.2, 0) is 10.0 Å². The highest BCUT2D eigenvalue weighted by molar-refractivity contribution is 7.89. The zero-order valence-electron chi connectivity index (χ0n) is 17.2. The minimum Gasteiger partial charge on any atom is -0.334 e. The molecule has 0 saturated carbocycles. The van der Waals surface area contributed by atoms with Crippen LogP contribution < -0.4 is 10.6 Å². The van der Waals surface area contributed by atoms with Crippen LogP contribution in [0.15, 0.2) is 53.8 Å². The summed E-state index contributed by atoms with van der Waals surface area (Å²) in [4.78, 5) is 23.1. The Hall–Kier alpha value is -3.35. The number of hydrogen-bond donors (Lipinski definition) is 2. The molecule has 0 bridgehead atoms. The average molecular weight is 478 g/mol. The van der Waals surface area contributed by atoms with Crippen molar-refractivity contribution in [2.45, 2.75) is 18.7 Å². The van der Waals surface area contributed by atoms with E-state index in [-0.39, 0.29) is 21.7 Å². The summed E-state index contributed by atoms with van der Waals surface area (Å²) in [7, 11) is -3.61. The van der Waals surface area contributed by atoms with E-state index < -0.39 is 20.6 Å². The summed E-state index contributed by atoms with van der Waals surface area (Å²) in [5.41, 5.74) is 0.343. The number of benzene rings is 1. The summed E-state index contributed by atoms with van der Waals surface area (Å²) < 4.78 is 26.6. The fourth-order valence-electron chi connectivity index (χ4n) is 2.90. The van der Waals surface area contributed by atoms with Crippen LogP contribution in [0.5, 0.6) is 0 Å². The van der Waals surface area contributed by atoms with Gasteiger partial charge < -0.3 is 10.6 Å². The lowest BCUT2D eigenvalue weighted by Crippen LogP contribution is -2.30. The molecular weight excluding hydrogens is 458 g/mol. The van der Waals surface area contributed by atoms with E-state index in [1.54, 1.807) is 26.0 Å². The van der Waals surface area contributed by atoms with Gasteiger partial charge in [-0.3, -0.25) is 10.1 Å². The smallest absolute Gasteiger partial charge is 0.334 e. The first-order chi connectivity index (χ1) is 15.3. The molecule has 0 aliphatic heterocycles. The van der Waals surface area contributed by atoms with Crippen LogP contribution in [0.1, 0.15) is 13.8 Å². The van der Waals surface area contributed by atoms with Crippen molar-refractivity contribution in [1.82, 2.24) is 19.3 Å². The lowest BCUT2D eigenvalue weighted by molar-refractivity contribution is -0.383. The number of nitro groups is 1. The first-order valence-electron chi connectivity index (χ1n) is 9.52. The minimum absolute atomic E-state index is 0.0770. The number of halogens is 1. The van der Waals surface area contributed by atoms with Crippen LogP contribution in [0.3, 0.4) is 0 Å². The predicted molar refractivity (Wildman–Crippen MR) is 121 cm³/mol. The van der Waals surface area contributed by atoms with E-state index >= 15 is 0 Å². The van der Waals surface area contributed by atoms with E-state index in [4.69, 9.17) is 11.6 Å². The Morgan fingerprint density at radius 2 is 1.66 bits per heavy atom. The van der Waals surface area contributed by atoms with Gasteiger partial charge in [-0.25, -0.2) is 23.4 Å². The van der Waals surface area contributed by atoms with Crippen molar-refractivity contribution < 1.29 is 13.3 Å². The van der Waals surface area contributed by atoms with Crippen LogP contribution in [0.4, 0.5) is 28.7 Å². The van der Waals surface area contributed by atoms with Crippen molar-refractivity contribution in [3.63, 3.8) is 0 Å². The van der Waals surface area contributed by atoms with Crippen LogP contribution in [0.25, 0.3) is 0 Å². The second-order valence-electron chi connectivity index (χ2n) is 6.38. The van der Waals surface area contributed by atoms with Gasteiger partial charge in [-0.15, -0.1) is 0 Å². The molecule has 3 rings (SSSR count). The summed E-state index contributed by atoms with van der Waals surface area (Å²) in [5, 5.41) is 17.5. The van der Waals surface area contributed by atoms with Crippen LogP contribution in [-0.4, -0.2) is 45.7 Å². The van der Waals surface area contributed by atoms with Gasteiger partial charge in [-0.05, 0) is 36.4 Å². The molecule has 0 radical (unpaired) electrons. The number of sulfonamides is 1.